The minimum atomic E-state index is -0.129. The number of nitrogens with zero attached hydrogens (tertiary/aromatic N) is 1. The molecule has 0 bridgehead atoms. The van der Waals surface area contributed by atoms with E-state index in [1.165, 1.54) is 11.1 Å². The van der Waals surface area contributed by atoms with Gasteiger partial charge >= 0.3 is 0 Å². The second-order valence-electron chi connectivity index (χ2n) is 4.11. The molecule has 0 radical (unpaired) electrons. The molecule has 2 rings (SSSR count). The molecule has 4 heteroatoms. The van der Waals surface area contributed by atoms with E-state index in [0.717, 1.165) is 12.8 Å². The molecule has 4 nitrogen and oxygen atoms in total. The van der Waals surface area contributed by atoms with Crippen LogP contribution in [0.5, 0.6) is 0 Å². The summed E-state index contributed by atoms with van der Waals surface area (Å²) < 4.78 is 0. The predicted molar refractivity (Wildman–Crippen MR) is 64.1 cm³/mol. The lowest BCUT2D eigenvalue weighted by Gasteiger charge is -2.13. The molecule has 1 amide bonds. The first kappa shape index (κ1) is 11.6. The molecule has 0 spiro atoms. The van der Waals surface area contributed by atoms with E-state index in [0.29, 0.717) is 0 Å². The van der Waals surface area contributed by atoms with Crippen molar-refractivity contribution in [2.24, 2.45) is 0 Å². The fourth-order valence-corrected chi connectivity index (χ4v) is 2.19. The van der Waals surface area contributed by atoms with Gasteiger partial charge in [-0.3, -0.25) is 4.79 Å². The smallest absolute Gasteiger partial charge is 0.234 e. The number of carbonyl (C=O) groups excluding carboxylic acids is 1. The maximum atomic E-state index is 11.3. The second kappa shape index (κ2) is 5.46. The predicted octanol–water partition coefficient (Wildman–Crippen LogP) is 0.903. The van der Waals surface area contributed by atoms with Gasteiger partial charge in [0.2, 0.25) is 5.91 Å². The molecule has 0 aliphatic heterocycles. The van der Waals surface area contributed by atoms with Crippen molar-refractivity contribution in [2.75, 3.05) is 13.1 Å². The number of benzene rings is 1. The summed E-state index contributed by atoms with van der Waals surface area (Å²) in [6, 6.07) is 10.4. The lowest BCUT2D eigenvalue weighted by molar-refractivity contribution is -0.120. The standard InChI is InChI=1S/C13H15N3O/c14-7-8-15-13(17)9-16-12-6-5-10-3-1-2-4-11(10)12/h1-4,12,16H,5-6,8-9H2,(H,15,17). The van der Waals surface area contributed by atoms with Crippen LogP contribution in [0, 0.1) is 11.3 Å². The summed E-state index contributed by atoms with van der Waals surface area (Å²) in [5, 5.41) is 14.1. The van der Waals surface area contributed by atoms with Crippen LogP contribution in [-0.2, 0) is 11.2 Å². The number of nitriles is 1. The van der Waals surface area contributed by atoms with Crippen LogP contribution in [0.2, 0.25) is 0 Å². The van der Waals surface area contributed by atoms with E-state index < -0.39 is 0 Å². The first-order valence-electron chi connectivity index (χ1n) is 5.76. The van der Waals surface area contributed by atoms with Gasteiger partial charge < -0.3 is 10.6 Å². The van der Waals surface area contributed by atoms with Crippen LogP contribution in [0.15, 0.2) is 24.3 Å². The molecule has 1 aliphatic carbocycles. The van der Waals surface area contributed by atoms with E-state index >= 15 is 0 Å². The Labute approximate surface area is 101 Å². The van der Waals surface area contributed by atoms with Crippen molar-refractivity contribution in [2.45, 2.75) is 18.9 Å². The summed E-state index contributed by atoms with van der Waals surface area (Å²) in [5.74, 6) is -0.129. The Morgan fingerprint density at radius 2 is 2.29 bits per heavy atom. The molecular weight excluding hydrogens is 214 g/mol. The molecule has 1 aromatic carbocycles. The van der Waals surface area contributed by atoms with Gasteiger partial charge in [-0.1, -0.05) is 24.3 Å². The van der Waals surface area contributed by atoms with Crippen LogP contribution < -0.4 is 10.6 Å². The molecule has 0 heterocycles. The molecule has 88 valence electrons. The van der Waals surface area contributed by atoms with Gasteiger partial charge in [0.15, 0.2) is 0 Å². The molecule has 1 unspecified atom stereocenters. The average Bonchev–Trinajstić information content (AvgIpc) is 2.77. The molecule has 0 saturated carbocycles. The van der Waals surface area contributed by atoms with Gasteiger partial charge in [0.05, 0.1) is 12.6 Å². The molecule has 0 saturated heterocycles. The van der Waals surface area contributed by atoms with Crippen LogP contribution in [0.4, 0.5) is 0 Å². The Kier molecular flexibility index (Phi) is 3.73. The number of carbonyl (C=O) groups is 1. The van der Waals surface area contributed by atoms with Crippen LogP contribution >= 0.6 is 0 Å². The Bertz CT molecular complexity index is 450. The third-order valence-corrected chi connectivity index (χ3v) is 3.01. The lowest BCUT2D eigenvalue weighted by Crippen LogP contribution is -2.35. The second-order valence-corrected chi connectivity index (χ2v) is 4.11. The van der Waals surface area contributed by atoms with E-state index in [-0.39, 0.29) is 25.0 Å². The van der Waals surface area contributed by atoms with Gasteiger partial charge in [-0.2, -0.15) is 5.26 Å². The van der Waals surface area contributed by atoms with E-state index in [1.54, 1.807) is 0 Å². The van der Waals surface area contributed by atoms with Crippen molar-refractivity contribution in [3.8, 4) is 6.07 Å². The summed E-state index contributed by atoms with van der Waals surface area (Å²) in [6.45, 7) is 0.336. The Hall–Kier alpha value is -1.86. The van der Waals surface area contributed by atoms with Crippen LogP contribution in [-0.4, -0.2) is 19.0 Å². The minimum Gasteiger partial charge on any atom is -0.342 e. The third kappa shape index (κ3) is 2.83. The SMILES string of the molecule is N#CCNC(=O)CNC1CCc2ccccc21. The van der Waals surface area contributed by atoms with Gasteiger partial charge in [-0.25, -0.2) is 0 Å². The number of aryl methyl sites for hydroxylation is 1. The van der Waals surface area contributed by atoms with Crippen molar-refractivity contribution >= 4 is 5.91 Å². The van der Waals surface area contributed by atoms with Crippen LogP contribution in [0.25, 0.3) is 0 Å². The summed E-state index contributed by atoms with van der Waals surface area (Å²) in [5.41, 5.74) is 2.66. The highest BCUT2D eigenvalue weighted by Gasteiger charge is 2.21. The number of rotatable bonds is 4. The fraction of sp³-hybridized carbons (Fsp3) is 0.385. The molecule has 0 fully saturated rings. The summed E-state index contributed by atoms with van der Waals surface area (Å²) >= 11 is 0. The van der Waals surface area contributed by atoms with Gasteiger partial charge in [0.1, 0.15) is 6.54 Å². The van der Waals surface area contributed by atoms with Crippen molar-refractivity contribution in [1.29, 1.82) is 5.26 Å². The van der Waals surface area contributed by atoms with Crippen LogP contribution in [0.1, 0.15) is 23.6 Å². The number of hydrogen-bond acceptors (Lipinski definition) is 3. The Morgan fingerprint density at radius 1 is 1.47 bits per heavy atom. The van der Waals surface area contributed by atoms with Crippen molar-refractivity contribution in [1.82, 2.24) is 10.6 Å². The average molecular weight is 229 g/mol. The quantitative estimate of drug-likeness (QED) is 0.754. The Morgan fingerprint density at radius 3 is 3.12 bits per heavy atom. The van der Waals surface area contributed by atoms with Crippen molar-refractivity contribution < 1.29 is 4.79 Å². The number of amides is 1. The highest BCUT2D eigenvalue weighted by atomic mass is 16.1. The maximum absolute atomic E-state index is 11.3. The van der Waals surface area contributed by atoms with Gasteiger partial charge in [0.25, 0.3) is 0 Å². The van der Waals surface area contributed by atoms with Gasteiger partial charge in [-0.05, 0) is 24.0 Å². The van der Waals surface area contributed by atoms with E-state index in [2.05, 4.69) is 22.8 Å². The first-order chi connectivity index (χ1) is 8.31. The fourth-order valence-electron chi connectivity index (χ4n) is 2.19. The zero-order chi connectivity index (χ0) is 12.1. The molecule has 0 aromatic heterocycles. The van der Waals surface area contributed by atoms with E-state index in [9.17, 15) is 4.79 Å². The third-order valence-electron chi connectivity index (χ3n) is 3.01. The molecular formula is C13H15N3O. The summed E-state index contributed by atoms with van der Waals surface area (Å²) in [6.07, 6.45) is 2.10. The summed E-state index contributed by atoms with van der Waals surface area (Å²) in [4.78, 5) is 11.3. The van der Waals surface area contributed by atoms with Crippen molar-refractivity contribution in [3.05, 3.63) is 35.4 Å². The van der Waals surface area contributed by atoms with Crippen molar-refractivity contribution in [3.63, 3.8) is 0 Å². The molecule has 1 aromatic rings. The largest absolute Gasteiger partial charge is 0.342 e. The maximum Gasteiger partial charge on any atom is 0.234 e. The highest BCUT2D eigenvalue weighted by Crippen LogP contribution is 2.30. The molecule has 1 atom stereocenters. The molecule has 17 heavy (non-hydrogen) atoms. The van der Waals surface area contributed by atoms with E-state index in [1.807, 2.05) is 18.2 Å². The monoisotopic (exact) mass is 229 g/mol. The van der Waals surface area contributed by atoms with Crippen LogP contribution in [0.3, 0.4) is 0 Å². The van der Waals surface area contributed by atoms with Gasteiger partial charge in [0, 0.05) is 6.04 Å². The van der Waals surface area contributed by atoms with E-state index in [4.69, 9.17) is 5.26 Å². The molecule has 1 aliphatic rings. The topological polar surface area (TPSA) is 64.9 Å². The zero-order valence-electron chi connectivity index (χ0n) is 9.57. The number of hydrogen-bond donors (Lipinski definition) is 2. The number of fused-ring (bicyclic) bond motifs is 1. The first-order valence-corrected chi connectivity index (χ1v) is 5.76. The minimum absolute atomic E-state index is 0.0712. The van der Waals surface area contributed by atoms with Gasteiger partial charge in [-0.15, -0.1) is 0 Å². The molecule has 2 N–H and O–H groups in total. The summed E-state index contributed by atoms with van der Waals surface area (Å²) in [7, 11) is 0. The zero-order valence-corrected chi connectivity index (χ0v) is 9.57. The Balaban J connectivity index is 1.86. The number of nitrogens with one attached hydrogen (secondary N) is 2. The lowest BCUT2D eigenvalue weighted by atomic mass is 10.1. The highest BCUT2D eigenvalue weighted by molar-refractivity contribution is 5.78. The normalized spacial score (nSPS) is 17.2.